The Morgan fingerprint density at radius 3 is 2.67 bits per heavy atom. The van der Waals surface area contributed by atoms with Crippen molar-refractivity contribution >= 4 is 11.9 Å². The summed E-state index contributed by atoms with van der Waals surface area (Å²) in [4.78, 5) is 22.9. The van der Waals surface area contributed by atoms with E-state index in [0.717, 1.165) is 0 Å². The summed E-state index contributed by atoms with van der Waals surface area (Å²) in [5.74, 6) is -2.22. The van der Waals surface area contributed by atoms with Crippen molar-refractivity contribution in [3.63, 3.8) is 0 Å². The molecule has 1 aliphatic carbocycles. The van der Waals surface area contributed by atoms with Gasteiger partial charge in [0.05, 0.1) is 24.1 Å². The van der Waals surface area contributed by atoms with Gasteiger partial charge >= 0.3 is 5.97 Å². The first-order valence-corrected chi connectivity index (χ1v) is 5.71. The number of aliphatic carboxylic acids is 1. The number of nitrogens with zero attached hydrogens (tertiary/aromatic N) is 2. The van der Waals surface area contributed by atoms with Crippen LogP contribution in [-0.4, -0.2) is 27.2 Å². The van der Waals surface area contributed by atoms with Crippen molar-refractivity contribution in [1.82, 2.24) is 15.5 Å². The minimum atomic E-state index is -0.917. The first kappa shape index (κ1) is 12.5. The molecule has 0 aromatic carbocycles. The van der Waals surface area contributed by atoms with Gasteiger partial charge in [0, 0.05) is 6.20 Å². The van der Waals surface area contributed by atoms with E-state index >= 15 is 0 Å². The molecule has 0 radical (unpaired) electrons. The molecule has 1 heterocycles. The van der Waals surface area contributed by atoms with Gasteiger partial charge in [-0.1, -0.05) is 13.8 Å². The van der Waals surface area contributed by atoms with Gasteiger partial charge in [0.25, 0.3) is 0 Å². The molecule has 0 aliphatic heterocycles. The quantitative estimate of drug-likeness (QED) is 0.808. The number of amides is 1. The monoisotopic (exact) mass is 249 g/mol. The largest absolute Gasteiger partial charge is 0.481 e. The molecule has 1 saturated carbocycles. The first-order chi connectivity index (χ1) is 8.44. The summed E-state index contributed by atoms with van der Waals surface area (Å²) in [6.45, 7) is 3.85. The van der Waals surface area contributed by atoms with Gasteiger partial charge in [-0.25, -0.2) is 0 Å². The summed E-state index contributed by atoms with van der Waals surface area (Å²) < 4.78 is 0. The fraction of sp³-hybridized carbons (Fsp3) is 0.500. The standard InChI is InChI=1S/C12H15N3O3/c1-12(2)8(9(12)11(17)18)10(16)13-6-7-4-3-5-14-15-7/h3-5,8-9H,6H2,1-2H3,(H,13,16)(H,17,18)/t8-,9+/m1/s1. The Bertz CT molecular complexity index is 473. The van der Waals surface area contributed by atoms with Crippen molar-refractivity contribution in [2.45, 2.75) is 20.4 Å². The lowest BCUT2D eigenvalue weighted by Gasteiger charge is -2.04. The smallest absolute Gasteiger partial charge is 0.307 e. The highest BCUT2D eigenvalue weighted by Crippen LogP contribution is 2.58. The Kier molecular flexibility index (Phi) is 3.02. The molecule has 0 saturated heterocycles. The average molecular weight is 249 g/mol. The van der Waals surface area contributed by atoms with Crippen LogP contribution in [0.5, 0.6) is 0 Å². The Hall–Kier alpha value is -1.98. The van der Waals surface area contributed by atoms with E-state index in [1.54, 1.807) is 32.2 Å². The molecule has 0 unspecified atom stereocenters. The van der Waals surface area contributed by atoms with E-state index in [0.29, 0.717) is 5.69 Å². The van der Waals surface area contributed by atoms with Crippen LogP contribution in [0.15, 0.2) is 18.3 Å². The van der Waals surface area contributed by atoms with Crippen LogP contribution in [0.4, 0.5) is 0 Å². The van der Waals surface area contributed by atoms with Crippen molar-refractivity contribution < 1.29 is 14.7 Å². The second-order valence-electron chi connectivity index (χ2n) is 5.05. The Morgan fingerprint density at radius 1 is 1.44 bits per heavy atom. The highest BCUT2D eigenvalue weighted by molar-refractivity contribution is 5.91. The normalized spacial score (nSPS) is 24.3. The van der Waals surface area contributed by atoms with E-state index in [2.05, 4.69) is 15.5 Å². The number of carbonyl (C=O) groups is 2. The third-order valence-corrected chi connectivity index (χ3v) is 3.45. The third-order valence-electron chi connectivity index (χ3n) is 3.45. The molecule has 1 fully saturated rings. The fourth-order valence-corrected chi connectivity index (χ4v) is 2.30. The van der Waals surface area contributed by atoms with Crippen LogP contribution >= 0.6 is 0 Å². The van der Waals surface area contributed by atoms with Gasteiger partial charge in [0.15, 0.2) is 0 Å². The minimum absolute atomic E-state index is 0.238. The molecule has 2 atom stereocenters. The van der Waals surface area contributed by atoms with E-state index in [9.17, 15) is 9.59 Å². The number of nitrogens with one attached hydrogen (secondary N) is 1. The molecule has 2 rings (SSSR count). The number of hydrogen-bond acceptors (Lipinski definition) is 4. The molecule has 2 N–H and O–H groups in total. The molecule has 1 aromatic rings. The number of rotatable bonds is 4. The lowest BCUT2D eigenvalue weighted by molar-refractivity contribution is -0.140. The Morgan fingerprint density at radius 2 is 2.17 bits per heavy atom. The predicted octanol–water partition coefficient (Wildman–Crippen LogP) is 0.450. The number of aromatic nitrogens is 2. The summed E-state index contributed by atoms with van der Waals surface area (Å²) in [6.07, 6.45) is 1.55. The summed E-state index contributed by atoms with van der Waals surface area (Å²) in [7, 11) is 0. The van der Waals surface area contributed by atoms with Crippen LogP contribution in [-0.2, 0) is 16.1 Å². The molecular weight excluding hydrogens is 234 g/mol. The van der Waals surface area contributed by atoms with Crippen LogP contribution in [0.3, 0.4) is 0 Å². The highest BCUT2D eigenvalue weighted by atomic mass is 16.4. The van der Waals surface area contributed by atoms with E-state index < -0.39 is 23.2 Å². The van der Waals surface area contributed by atoms with E-state index in [4.69, 9.17) is 5.11 Å². The van der Waals surface area contributed by atoms with E-state index in [-0.39, 0.29) is 12.5 Å². The molecule has 1 aromatic heterocycles. The van der Waals surface area contributed by atoms with Gasteiger partial charge in [-0.15, -0.1) is 0 Å². The second kappa shape index (κ2) is 4.36. The number of hydrogen-bond donors (Lipinski definition) is 2. The molecule has 96 valence electrons. The molecule has 18 heavy (non-hydrogen) atoms. The average Bonchev–Trinajstić information content (AvgIpc) is 2.91. The van der Waals surface area contributed by atoms with Crippen LogP contribution < -0.4 is 5.32 Å². The number of carbonyl (C=O) groups excluding carboxylic acids is 1. The van der Waals surface area contributed by atoms with Crippen molar-refractivity contribution in [2.24, 2.45) is 17.3 Å². The molecule has 1 aliphatic rings. The summed E-state index contributed by atoms with van der Waals surface area (Å²) in [5, 5.41) is 19.2. The zero-order valence-electron chi connectivity index (χ0n) is 10.3. The molecule has 0 spiro atoms. The van der Waals surface area contributed by atoms with Crippen LogP contribution in [0.25, 0.3) is 0 Å². The molecular formula is C12H15N3O3. The molecule has 0 bridgehead atoms. The fourth-order valence-electron chi connectivity index (χ4n) is 2.30. The number of carboxylic acid groups (broad SMARTS) is 1. The molecule has 6 heteroatoms. The van der Waals surface area contributed by atoms with Crippen molar-refractivity contribution in [3.8, 4) is 0 Å². The molecule has 6 nitrogen and oxygen atoms in total. The molecule has 1 amide bonds. The zero-order chi connectivity index (χ0) is 13.3. The highest BCUT2D eigenvalue weighted by Gasteiger charge is 2.65. The Labute approximate surface area is 104 Å². The summed E-state index contributed by atoms with van der Waals surface area (Å²) in [5.41, 5.74) is 0.175. The van der Waals surface area contributed by atoms with E-state index in [1.807, 2.05) is 0 Å². The van der Waals surface area contributed by atoms with Gasteiger partial charge in [0.1, 0.15) is 0 Å². The van der Waals surface area contributed by atoms with E-state index in [1.165, 1.54) is 0 Å². The van der Waals surface area contributed by atoms with Gasteiger partial charge in [0.2, 0.25) is 5.91 Å². The maximum absolute atomic E-state index is 11.9. The van der Waals surface area contributed by atoms with Gasteiger partial charge in [-0.3, -0.25) is 9.59 Å². The SMILES string of the molecule is CC1(C)[C@H](C(=O)O)[C@@H]1C(=O)NCc1cccnn1. The van der Waals surface area contributed by atoms with Crippen molar-refractivity contribution in [1.29, 1.82) is 0 Å². The summed E-state index contributed by atoms with van der Waals surface area (Å²) >= 11 is 0. The zero-order valence-corrected chi connectivity index (χ0v) is 10.3. The number of carboxylic acids is 1. The van der Waals surface area contributed by atoms with Gasteiger partial charge in [-0.2, -0.15) is 10.2 Å². The third kappa shape index (κ3) is 2.18. The lowest BCUT2D eigenvalue weighted by Crippen LogP contribution is -2.27. The predicted molar refractivity (Wildman–Crippen MR) is 62.3 cm³/mol. The van der Waals surface area contributed by atoms with Crippen molar-refractivity contribution in [2.75, 3.05) is 0 Å². The Balaban J connectivity index is 1.93. The van der Waals surface area contributed by atoms with Gasteiger partial charge in [-0.05, 0) is 17.5 Å². The minimum Gasteiger partial charge on any atom is -0.481 e. The van der Waals surface area contributed by atoms with Crippen molar-refractivity contribution in [3.05, 3.63) is 24.0 Å². The van der Waals surface area contributed by atoms with Gasteiger partial charge < -0.3 is 10.4 Å². The second-order valence-corrected chi connectivity index (χ2v) is 5.05. The van der Waals surface area contributed by atoms with Crippen LogP contribution in [0, 0.1) is 17.3 Å². The van der Waals surface area contributed by atoms with Crippen LogP contribution in [0.1, 0.15) is 19.5 Å². The first-order valence-electron chi connectivity index (χ1n) is 5.71. The van der Waals surface area contributed by atoms with Crippen LogP contribution in [0.2, 0.25) is 0 Å². The topological polar surface area (TPSA) is 92.2 Å². The maximum Gasteiger partial charge on any atom is 0.307 e. The summed E-state index contributed by atoms with van der Waals surface area (Å²) in [6, 6.07) is 3.48. The maximum atomic E-state index is 11.9. The lowest BCUT2D eigenvalue weighted by atomic mass is 10.1.